The van der Waals surface area contributed by atoms with Gasteiger partial charge in [0.1, 0.15) is 11.9 Å². The van der Waals surface area contributed by atoms with E-state index in [2.05, 4.69) is 0 Å². The van der Waals surface area contributed by atoms with Gasteiger partial charge in [-0.1, -0.05) is 11.6 Å². The van der Waals surface area contributed by atoms with Crippen molar-refractivity contribution in [3.63, 3.8) is 0 Å². The van der Waals surface area contributed by atoms with Crippen LogP contribution >= 0.6 is 11.6 Å². The third-order valence-corrected chi connectivity index (χ3v) is 4.58. The summed E-state index contributed by atoms with van der Waals surface area (Å²) in [5.74, 6) is -0.115. The molecule has 0 spiro atoms. The van der Waals surface area contributed by atoms with E-state index in [1.54, 1.807) is 18.2 Å². The summed E-state index contributed by atoms with van der Waals surface area (Å²) >= 11 is 5.96. The lowest BCUT2D eigenvalue weighted by atomic mass is 10.2. The van der Waals surface area contributed by atoms with E-state index in [1.165, 1.54) is 16.7 Å². The average Bonchev–Trinajstić information content (AvgIpc) is 2.77. The molecule has 144 valence electrons. The molecule has 0 aliphatic carbocycles. The van der Waals surface area contributed by atoms with Crippen molar-refractivity contribution in [3.05, 3.63) is 28.8 Å². The van der Waals surface area contributed by atoms with Crippen LogP contribution in [0.4, 0.5) is 4.39 Å². The Labute approximate surface area is 157 Å². The molecular weight excluding hydrogens is 363 g/mol. The fraction of sp³-hybridized carbons (Fsp3) is 0.556. The van der Waals surface area contributed by atoms with E-state index in [1.807, 2.05) is 6.92 Å². The van der Waals surface area contributed by atoms with Gasteiger partial charge in [-0.2, -0.15) is 0 Å². The maximum atomic E-state index is 13.0. The zero-order valence-corrected chi connectivity index (χ0v) is 15.7. The lowest BCUT2D eigenvalue weighted by Gasteiger charge is -2.22. The number of halogens is 2. The van der Waals surface area contributed by atoms with Crippen molar-refractivity contribution in [2.45, 2.75) is 32.5 Å². The van der Waals surface area contributed by atoms with E-state index < -0.39 is 12.3 Å². The van der Waals surface area contributed by atoms with E-state index in [0.717, 1.165) is 5.56 Å². The number of hydrogen-bond acceptors (Lipinski definition) is 4. The van der Waals surface area contributed by atoms with E-state index in [0.29, 0.717) is 10.8 Å². The van der Waals surface area contributed by atoms with Crippen molar-refractivity contribution in [1.29, 1.82) is 0 Å². The largest absolute Gasteiger partial charge is 0.484 e. The Morgan fingerprint density at radius 3 is 2.50 bits per heavy atom. The van der Waals surface area contributed by atoms with Crippen LogP contribution in [0.3, 0.4) is 0 Å². The molecule has 2 rings (SSSR count). The topological polar surface area (TPSA) is 70.1 Å². The molecule has 1 aliphatic heterocycles. The monoisotopic (exact) mass is 386 g/mol. The number of ether oxygens (including phenoxy) is 1. The number of carbonyl (C=O) groups is 2. The highest BCUT2D eigenvalue weighted by Crippen LogP contribution is 2.21. The van der Waals surface area contributed by atoms with E-state index in [-0.39, 0.29) is 51.0 Å². The molecule has 1 N–H and O–H groups in total. The number of nitrogens with zero attached hydrogens (tertiary/aromatic N) is 2. The first kappa shape index (κ1) is 20.5. The lowest BCUT2D eigenvalue weighted by Crippen LogP contribution is -2.40. The zero-order chi connectivity index (χ0) is 19.3. The molecule has 6 nitrogen and oxygen atoms in total. The fourth-order valence-corrected chi connectivity index (χ4v) is 2.87. The Kier molecular flexibility index (Phi) is 7.23. The number of aliphatic hydroxyl groups is 1. The highest BCUT2D eigenvalue weighted by molar-refractivity contribution is 6.31. The van der Waals surface area contributed by atoms with Crippen molar-refractivity contribution >= 4 is 23.4 Å². The highest BCUT2D eigenvalue weighted by Gasteiger charge is 2.27. The molecule has 1 fully saturated rings. The molecule has 1 saturated heterocycles. The molecule has 0 aromatic heterocycles. The van der Waals surface area contributed by atoms with Crippen LogP contribution in [-0.4, -0.2) is 71.8 Å². The number of benzene rings is 1. The highest BCUT2D eigenvalue weighted by atomic mass is 35.5. The van der Waals surface area contributed by atoms with Gasteiger partial charge in [0.2, 0.25) is 5.91 Å². The second-order valence-corrected chi connectivity index (χ2v) is 6.93. The number of amides is 2. The van der Waals surface area contributed by atoms with Crippen molar-refractivity contribution < 1.29 is 23.8 Å². The second-order valence-electron chi connectivity index (χ2n) is 6.52. The van der Waals surface area contributed by atoms with E-state index in [9.17, 15) is 19.1 Å². The summed E-state index contributed by atoms with van der Waals surface area (Å²) in [5.41, 5.74) is 0.845. The Balaban J connectivity index is 1.90. The molecule has 26 heavy (non-hydrogen) atoms. The number of aryl methyl sites for hydroxylation is 1. The molecule has 0 radical (unpaired) electrons. The van der Waals surface area contributed by atoms with Crippen LogP contribution in [0.15, 0.2) is 18.2 Å². The van der Waals surface area contributed by atoms with Gasteiger partial charge in [-0.15, -0.1) is 0 Å². The van der Waals surface area contributed by atoms with Crippen molar-refractivity contribution in [2.75, 3.05) is 32.8 Å². The second kappa shape index (κ2) is 9.19. The van der Waals surface area contributed by atoms with Gasteiger partial charge in [0.15, 0.2) is 6.61 Å². The van der Waals surface area contributed by atoms with Gasteiger partial charge in [0.25, 0.3) is 5.91 Å². The SMILES string of the molecule is Cc1cc(OCC(=O)N2CCN(C(=O)CC(C)F)CC(O)C2)ccc1Cl. The summed E-state index contributed by atoms with van der Waals surface area (Å²) in [6.07, 6.45) is -2.34. The van der Waals surface area contributed by atoms with Crippen molar-refractivity contribution in [2.24, 2.45) is 0 Å². The minimum Gasteiger partial charge on any atom is -0.484 e. The molecule has 1 heterocycles. The summed E-state index contributed by atoms with van der Waals surface area (Å²) in [4.78, 5) is 27.2. The van der Waals surface area contributed by atoms with Crippen LogP contribution in [0.5, 0.6) is 5.75 Å². The Bertz CT molecular complexity index is 656. The smallest absolute Gasteiger partial charge is 0.260 e. The van der Waals surface area contributed by atoms with Crippen LogP contribution in [0, 0.1) is 6.92 Å². The van der Waals surface area contributed by atoms with Gasteiger partial charge in [-0.3, -0.25) is 9.59 Å². The van der Waals surface area contributed by atoms with Gasteiger partial charge in [0.05, 0.1) is 12.5 Å². The predicted molar refractivity (Wildman–Crippen MR) is 96.0 cm³/mol. The zero-order valence-electron chi connectivity index (χ0n) is 15.0. The number of rotatable bonds is 5. The molecule has 0 bridgehead atoms. The van der Waals surface area contributed by atoms with Crippen LogP contribution in [0.1, 0.15) is 18.9 Å². The summed E-state index contributed by atoms with van der Waals surface area (Å²) in [7, 11) is 0. The number of carbonyl (C=O) groups excluding carboxylic acids is 2. The third kappa shape index (κ3) is 5.85. The van der Waals surface area contributed by atoms with Gasteiger partial charge in [-0.05, 0) is 37.6 Å². The first-order chi connectivity index (χ1) is 12.3. The van der Waals surface area contributed by atoms with Gasteiger partial charge < -0.3 is 19.6 Å². The number of β-amino-alcohol motifs (C(OH)–C–C–N with tert-alkyl or cyclic N) is 1. The molecule has 2 unspecified atom stereocenters. The van der Waals surface area contributed by atoms with E-state index in [4.69, 9.17) is 16.3 Å². The molecule has 2 atom stereocenters. The molecule has 2 amide bonds. The number of hydrogen-bond donors (Lipinski definition) is 1. The number of aliphatic hydroxyl groups excluding tert-OH is 1. The molecule has 0 saturated carbocycles. The maximum Gasteiger partial charge on any atom is 0.260 e. The Morgan fingerprint density at radius 1 is 1.31 bits per heavy atom. The molecule has 1 aliphatic rings. The summed E-state index contributed by atoms with van der Waals surface area (Å²) in [6, 6.07) is 5.12. The lowest BCUT2D eigenvalue weighted by molar-refractivity contribution is -0.135. The van der Waals surface area contributed by atoms with Crippen LogP contribution in [-0.2, 0) is 9.59 Å². The predicted octanol–water partition coefficient (Wildman–Crippen LogP) is 1.81. The van der Waals surface area contributed by atoms with Crippen molar-refractivity contribution in [1.82, 2.24) is 9.80 Å². The maximum absolute atomic E-state index is 13.0. The quantitative estimate of drug-likeness (QED) is 0.837. The third-order valence-electron chi connectivity index (χ3n) is 4.16. The Hall–Kier alpha value is -1.86. The van der Waals surface area contributed by atoms with E-state index >= 15 is 0 Å². The summed E-state index contributed by atoms with van der Waals surface area (Å²) in [5, 5.41) is 10.7. The minimum absolute atomic E-state index is 0.0899. The number of alkyl halides is 1. The Morgan fingerprint density at radius 2 is 1.92 bits per heavy atom. The van der Waals surface area contributed by atoms with Gasteiger partial charge in [-0.25, -0.2) is 4.39 Å². The molecule has 1 aromatic carbocycles. The summed E-state index contributed by atoms with van der Waals surface area (Å²) in [6.45, 7) is 3.70. The minimum atomic E-state index is -1.24. The average molecular weight is 387 g/mol. The van der Waals surface area contributed by atoms with Crippen molar-refractivity contribution in [3.8, 4) is 5.75 Å². The summed E-state index contributed by atoms with van der Waals surface area (Å²) < 4.78 is 18.5. The fourth-order valence-electron chi connectivity index (χ4n) is 2.76. The molecular formula is C18H24ClFN2O4. The van der Waals surface area contributed by atoms with Gasteiger partial charge in [0, 0.05) is 31.2 Å². The molecule has 8 heteroatoms. The van der Waals surface area contributed by atoms with Crippen LogP contribution in [0.2, 0.25) is 5.02 Å². The van der Waals surface area contributed by atoms with Crippen LogP contribution in [0.25, 0.3) is 0 Å². The van der Waals surface area contributed by atoms with Crippen LogP contribution < -0.4 is 4.74 Å². The molecule has 1 aromatic rings. The normalized spacial score (nSPS) is 19.0. The first-order valence-corrected chi connectivity index (χ1v) is 8.90. The standard InChI is InChI=1S/C18H24ClFN2O4/c1-12-7-15(3-4-16(12)19)26-11-18(25)22-6-5-21(9-14(23)10-22)17(24)8-13(2)20/h3-4,7,13-14,23H,5-6,8-11H2,1-2H3. The van der Waals surface area contributed by atoms with Gasteiger partial charge >= 0.3 is 0 Å². The first-order valence-electron chi connectivity index (χ1n) is 8.53.